The summed E-state index contributed by atoms with van der Waals surface area (Å²) >= 11 is 0. The van der Waals surface area contributed by atoms with Crippen LogP contribution in [-0.4, -0.2) is 0 Å². The Balaban J connectivity index is 1.79. The fraction of sp³-hybridized carbons (Fsp3) is 0.258. The maximum absolute atomic E-state index is 8.67. The molecule has 0 saturated heterocycles. The van der Waals surface area contributed by atoms with E-state index in [9.17, 15) is 0 Å². The summed E-state index contributed by atoms with van der Waals surface area (Å²) in [6.07, 6.45) is 1.92. The zero-order valence-corrected chi connectivity index (χ0v) is 19.2. The molecule has 0 fully saturated rings. The van der Waals surface area contributed by atoms with E-state index in [-0.39, 0.29) is 11.1 Å². The van der Waals surface area contributed by atoms with E-state index >= 15 is 0 Å². The van der Waals surface area contributed by atoms with Crippen molar-refractivity contribution >= 4 is 21.9 Å². The normalized spacial score (nSPS) is 18.5. The van der Waals surface area contributed by atoms with Crippen LogP contribution in [0.2, 0.25) is 0 Å². The second-order valence-electron chi connectivity index (χ2n) is 9.30. The van der Waals surface area contributed by atoms with Gasteiger partial charge in [0.05, 0.1) is 5.56 Å². The summed E-state index contributed by atoms with van der Waals surface area (Å²) in [7, 11) is 1.93. The van der Waals surface area contributed by atoms with Crippen LogP contribution in [0.4, 0.5) is 0 Å². The van der Waals surface area contributed by atoms with Crippen molar-refractivity contribution < 1.29 is 18.6 Å². The molecule has 2 nitrogen and oxygen atoms in total. The summed E-state index contributed by atoms with van der Waals surface area (Å²) in [5.41, 5.74) is 3.99. The van der Waals surface area contributed by atoms with Crippen molar-refractivity contribution in [2.75, 3.05) is 0 Å². The van der Waals surface area contributed by atoms with E-state index in [1.165, 1.54) is 0 Å². The number of fused-ring (bicyclic) bond motifs is 7. The summed E-state index contributed by atoms with van der Waals surface area (Å²) < 4.78 is 69.1. The molecule has 0 N–H and O–H groups in total. The van der Waals surface area contributed by atoms with E-state index in [2.05, 4.69) is 0 Å². The second kappa shape index (κ2) is 6.81. The molecule has 164 valence electrons. The quantitative estimate of drug-likeness (QED) is 0.256. The van der Waals surface area contributed by atoms with E-state index in [1.807, 2.05) is 68.9 Å². The predicted octanol–water partition coefficient (Wildman–Crippen LogP) is 7.82. The average Bonchev–Trinajstić information content (AvgIpc) is 3.37. The van der Waals surface area contributed by atoms with Crippen molar-refractivity contribution in [1.82, 2.24) is 0 Å². The zero-order valence-electron chi connectivity index (χ0n) is 26.2. The van der Waals surface area contributed by atoms with Gasteiger partial charge < -0.3 is 4.42 Å². The Labute approximate surface area is 205 Å². The van der Waals surface area contributed by atoms with Crippen molar-refractivity contribution in [2.24, 2.45) is 7.05 Å². The van der Waals surface area contributed by atoms with Crippen molar-refractivity contribution in [3.05, 3.63) is 89.1 Å². The lowest BCUT2D eigenvalue weighted by Crippen LogP contribution is -2.31. The molecule has 0 spiro atoms. The highest BCUT2D eigenvalue weighted by Crippen LogP contribution is 2.53. The molecule has 5 aromatic rings. The predicted molar refractivity (Wildman–Crippen MR) is 137 cm³/mol. The Hall–Kier alpha value is -3.39. The highest BCUT2D eigenvalue weighted by atomic mass is 16.3. The van der Waals surface area contributed by atoms with Crippen molar-refractivity contribution in [1.29, 1.82) is 0 Å². The van der Waals surface area contributed by atoms with Gasteiger partial charge in [0, 0.05) is 37.9 Å². The fourth-order valence-electron chi connectivity index (χ4n) is 5.27. The SMILES string of the molecule is [2H]C(C)(C)c1cc[n+](C)c(-c2c(C)ccc3c2oc2ccc4c(c23)C(C([2H])([2H])[2H])(C([2H])([2H])[2H])c2ccccc2-4)c1. The van der Waals surface area contributed by atoms with Gasteiger partial charge in [0.1, 0.15) is 18.2 Å². The van der Waals surface area contributed by atoms with Crippen molar-refractivity contribution in [2.45, 2.75) is 45.8 Å². The Morgan fingerprint density at radius 2 is 1.82 bits per heavy atom. The lowest BCUT2D eigenvalue weighted by atomic mass is 9.80. The first kappa shape index (κ1) is 14.0. The van der Waals surface area contributed by atoms with Gasteiger partial charge in [-0.05, 0) is 52.3 Å². The molecule has 1 aliphatic carbocycles. The molecule has 0 bridgehead atoms. The highest BCUT2D eigenvalue weighted by Gasteiger charge is 2.38. The molecule has 2 heteroatoms. The lowest BCUT2D eigenvalue weighted by molar-refractivity contribution is -0.660. The molecular weight excluding hydrogens is 402 g/mol. The van der Waals surface area contributed by atoms with Crippen molar-refractivity contribution in [3.8, 4) is 22.4 Å². The van der Waals surface area contributed by atoms with E-state index in [1.54, 1.807) is 30.3 Å². The minimum absolute atomic E-state index is 0.269. The first-order valence-corrected chi connectivity index (χ1v) is 11.2. The second-order valence-corrected chi connectivity index (χ2v) is 9.30. The minimum atomic E-state index is -2.87. The molecule has 6 rings (SSSR count). The van der Waals surface area contributed by atoms with Crippen LogP contribution in [0.25, 0.3) is 44.3 Å². The summed E-state index contributed by atoms with van der Waals surface area (Å²) in [6.45, 7) is -0.0806. The van der Waals surface area contributed by atoms with Crippen LogP contribution in [0.5, 0.6) is 0 Å². The minimum Gasteiger partial charge on any atom is -0.455 e. The third-order valence-corrected chi connectivity index (χ3v) is 6.99. The van der Waals surface area contributed by atoms with E-state index in [0.29, 0.717) is 33.1 Å². The van der Waals surface area contributed by atoms with Gasteiger partial charge >= 0.3 is 0 Å². The number of furan rings is 1. The third kappa shape index (κ3) is 2.70. The summed E-state index contributed by atoms with van der Waals surface area (Å²) in [5.74, 6) is -0.815. The number of benzene rings is 3. The van der Waals surface area contributed by atoms with Crippen LogP contribution >= 0.6 is 0 Å². The molecule has 2 heterocycles. The van der Waals surface area contributed by atoms with Crippen LogP contribution in [0.3, 0.4) is 0 Å². The van der Waals surface area contributed by atoms with Gasteiger partial charge in [0.2, 0.25) is 5.69 Å². The number of pyridine rings is 1. The van der Waals surface area contributed by atoms with Crippen molar-refractivity contribution in [3.63, 3.8) is 0 Å². The molecule has 0 aliphatic heterocycles. The number of nitrogens with zero attached hydrogens (tertiary/aromatic N) is 1. The van der Waals surface area contributed by atoms with Crippen LogP contribution in [-0.2, 0) is 12.5 Å². The zero-order chi connectivity index (χ0) is 29.0. The lowest BCUT2D eigenvalue weighted by Gasteiger charge is -2.22. The largest absolute Gasteiger partial charge is 0.455 e. The highest BCUT2D eigenvalue weighted by molar-refractivity contribution is 6.14. The van der Waals surface area contributed by atoms with Gasteiger partial charge in [0.25, 0.3) is 0 Å². The van der Waals surface area contributed by atoms with Gasteiger partial charge in [0.15, 0.2) is 6.20 Å². The summed E-state index contributed by atoms with van der Waals surface area (Å²) in [6, 6.07) is 18.3. The Morgan fingerprint density at radius 3 is 2.61 bits per heavy atom. The van der Waals surface area contributed by atoms with E-state index in [4.69, 9.17) is 14.0 Å². The Morgan fingerprint density at radius 1 is 1.00 bits per heavy atom. The van der Waals surface area contributed by atoms with Crippen LogP contribution < -0.4 is 4.57 Å². The first-order valence-electron chi connectivity index (χ1n) is 14.7. The third-order valence-electron chi connectivity index (χ3n) is 6.99. The molecule has 0 unspecified atom stereocenters. The first-order chi connectivity index (χ1) is 18.6. The van der Waals surface area contributed by atoms with Gasteiger partial charge in [-0.2, -0.15) is 0 Å². The number of aryl methyl sites for hydroxylation is 2. The van der Waals surface area contributed by atoms with Gasteiger partial charge in [-0.15, -0.1) is 0 Å². The number of hydrogen-bond acceptors (Lipinski definition) is 1. The number of rotatable bonds is 2. The smallest absolute Gasteiger partial charge is 0.216 e. The molecule has 0 saturated carbocycles. The van der Waals surface area contributed by atoms with Crippen LogP contribution in [0.15, 0.2) is 71.3 Å². The monoisotopic (exact) mass is 439 g/mol. The maximum atomic E-state index is 8.67. The molecule has 0 amide bonds. The topological polar surface area (TPSA) is 17.0 Å². The fourth-order valence-corrected chi connectivity index (χ4v) is 5.27. The summed E-state index contributed by atoms with van der Waals surface area (Å²) in [4.78, 5) is 0. The van der Waals surface area contributed by atoms with Gasteiger partial charge in [-0.1, -0.05) is 70.0 Å². The molecule has 0 radical (unpaired) electrons. The maximum Gasteiger partial charge on any atom is 0.216 e. The van der Waals surface area contributed by atoms with Crippen LogP contribution in [0, 0.1) is 6.92 Å². The Kier molecular flexibility index (Phi) is 2.89. The van der Waals surface area contributed by atoms with E-state index < -0.39 is 25.0 Å². The molecule has 33 heavy (non-hydrogen) atoms. The standard InChI is InChI=1S/C31H30NO/c1-18(2)20-15-16-32(6)25(17-20)27-19(3)11-12-23-28-26(33-30(23)27)14-13-22-21-9-7-8-10-24(21)31(4,5)29(22)28/h7-18H,1-6H3/q+1/i4D3,5D3,18D. The Bertz CT molecular complexity index is 1820. The molecule has 1 aliphatic rings. The van der Waals surface area contributed by atoms with Gasteiger partial charge in [-0.3, -0.25) is 0 Å². The molecule has 2 aromatic heterocycles. The van der Waals surface area contributed by atoms with Gasteiger partial charge in [-0.25, -0.2) is 4.57 Å². The average molecular weight is 440 g/mol. The summed E-state index contributed by atoms with van der Waals surface area (Å²) in [5, 5.41) is 1.17. The number of aromatic nitrogens is 1. The number of hydrogen-bond donors (Lipinski definition) is 0. The molecule has 3 aromatic carbocycles. The molecule has 0 atom stereocenters. The van der Waals surface area contributed by atoms with E-state index in [0.717, 1.165) is 22.4 Å². The molecular formula is C31H30NO+. The van der Waals surface area contributed by atoms with Crippen LogP contribution in [0.1, 0.15) is 65.3 Å².